The quantitative estimate of drug-likeness (QED) is 0.720. The molecule has 1 aromatic carbocycles. The number of anilines is 1. The Bertz CT molecular complexity index is 345. The summed E-state index contributed by atoms with van der Waals surface area (Å²) in [4.78, 5) is 12.1. The van der Waals surface area contributed by atoms with Crippen LogP contribution in [0.25, 0.3) is 0 Å². The largest absolute Gasteiger partial charge is 0.307 e. The molecule has 5 heteroatoms. The topological polar surface area (TPSA) is 20.3 Å². The maximum atomic E-state index is 12.7. The second kappa shape index (κ2) is 3.98. The lowest BCUT2D eigenvalue weighted by Gasteiger charge is -2.14. The van der Waals surface area contributed by atoms with Gasteiger partial charge in [-0.2, -0.15) is 0 Å². The van der Waals surface area contributed by atoms with Gasteiger partial charge in [-0.1, -0.05) is 24.2 Å². The second-order valence-electron chi connectivity index (χ2n) is 2.44. The Kier molecular flexibility index (Phi) is 3.17. The van der Waals surface area contributed by atoms with E-state index in [1.54, 1.807) is 0 Å². The lowest BCUT2D eigenvalue weighted by molar-refractivity contribution is 0.266. The van der Waals surface area contributed by atoms with Crippen molar-refractivity contribution in [2.24, 2.45) is 0 Å². The van der Waals surface area contributed by atoms with E-state index in [1.165, 1.54) is 30.1 Å². The second-order valence-corrected chi connectivity index (χ2v) is 3.23. The normalized spacial score (nSPS) is 9.85. The van der Waals surface area contributed by atoms with Gasteiger partial charge in [-0.25, -0.2) is 4.39 Å². The summed E-state index contributed by atoms with van der Waals surface area (Å²) in [5.41, 5.74) is 0.506. The van der Waals surface area contributed by atoms with Gasteiger partial charge in [0.2, 0.25) is 0 Å². The fraction of sp³-hybridized carbons (Fsp3) is 0.125. The van der Waals surface area contributed by atoms with Crippen molar-refractivity contribution in [2.75, 3.05) is 11.9 Å². The Hall–Kier alpha value is -0.740. The SMILES string of the molecule is CN(C(=O)S)c1ccc(F)c(Cl)c1. The molecule has 0 aliphatic heterocycles. The third-order valence-electron chi connectivity index (χ3n) is 1.58. The lowest BCUT2D eigenvalue weighted by Crippen LogP contribution is -2.19. The number of halogens is 2. The van der Waals surface area contributed by atoms with Gasteiger partial charge in [0.1, 0.15) is 5.82 Å². The highest BCUT2D eigenvalue weighted by Gasteiger charge is 2.08. The molecular weight excluding hydrogens is 213 g/mol. The Labute approximate surface area is 85.7 Å². The van der Waals surface area contributed by atoms with Crippen molar-refractivity contribution in [2.45, 2.75) is 0 Å². The first-order valence-corrected chi connectivity index (χ1v) is 4.26. The summed E-state index contributed by atoms with van der Waals surface area (Å²) >= 11 is 9.14. The molecule has 0 aliphatic carbocycles. The van der Waals surface area contributed by atoms with Crippen molar-refractivity contribution in [1.29, 1.82) is 0 Å². The molecule has 13 heavy (non-hydrogen) atoms. The van der Waals surface area contributed by atoms with Crippen LogP contribution < -0.4 is 4.90 Å². The first kappa shape index (κ1) is 10.3. The fourth-order valence-corrected chi connectivity index (χ4v) is 1.09. The zero-order valence-corrected chi connectivity index (χ0v) is 8.44. The predicted octanol–water partition coefficient (Wildman–Crippen LogP) is 2.97. The highest BCUT2D eigenvalue weighted by molar-refractivity contribution is 7.96. The highest BCUT2D eigenvalue weighted by Crippen LogP contribution is 2.22. The molecule has 1 rings (SSSR count). The van der Waals surface area contributed by atoms with Gasteiger partial charge in [-0.3, -0.25) is 4.79 Å². The van der Waals surface area contributed by atoms with Crippen molar-refractivity contribution in [3.8, 4) is 0 Å². The van der Waals surface area contributed by atoms with Crippen LogP contribution in [0, 0.1) is 5.82 Å². The van der Waals surface area contributed by atoms with E-state index in [0.29, 0.717) is 5.69 Å². The number of amides is 1. The van der Waals surface area contributed by atoms with E-state index >= 15 is 0 Å². The van der Waals surface area contributed by atoms with Gasteiger partial charge in [0.15, 0.2) is 0 Å². The molecule has 0 N–H and O–H groups in total. The standard InChI is InChI=1S/C8H7ClFNOS/c1-11(8(12)13)5-2-3-7(10)6(9)4-5/h2-4H,1H3,(H,12,13). The van der Waals surface area contributed by atoms with E-state index in [2.05, 4.69) is 12.6 Å². The molecule has 0 unspecified atom stereocenters. The number of rotatable bonds is 1. The van der Waals surface area contributed by atoms with Crippen LogP contribution in [0.3, 0.4) is 0 Å². The van der Waals surface area contributed by atoms with Crippen molar-refractivity contribution in [3.05, 3.63) is 29.0 Å². The zero-order chi connectivity index (χ0) is 10.0. The maximum Gasteiger partial charge on any atom is 0.282 e. The van der Waals surface area contributed by atoms with Crippen LogP contribution in [0.15, 0.2) is 18.2 Å². The van der Waals surface area contributed by atoms with Gasteiger partial charge < -0.3 is 4.90 Å². The molecule has 0 spiro atoms. The van der Waals surface area contributed by atoms with E-state index < -0.39 is 11.1 Å². The van der Waals surface area contributed by atoms with E-state index in [4.69, 9.17) is 11.6 Å². The van der Waals surface area contributed by atoms with Crippen LogP contribution in [0.4, 0.5) is 14.9 Å². The van der Waals surface area contributed by atoms with Gasteiger partial charge in [0, 0.05) is 12.7 Å². The van der Waals surface area contributed by atoms with Crippen molar-refractivity contribution in [1.82, 2.24) is 0 Å². The molecule has 70 valence electrons. The third kappa shape index (κ3) is 2.35. The number of hydrogen-bond donors (Lipinski definition) is 1. The monoisotopic (exact) mass is 219 g/mol. The Morgan fingerprint density at radius 3 is 2.69 bits per heavy atom. The molecule has 0 saturated heterocycles. The van der Waals surface area contributed by atoms with Crippen molar-refractivity contribution >= 4 is 35.2 Å². The van der Waals surface area contributed by atoms with E-state index in [9.17, 15) is 9.18 Å². The number of carbonyl (C=O) groups excluding carboxylic acids is 1. The third-order valence-corrected chi connectivity index (χ3v) is 2.17. The van der Waals surface area contributed by atoms with Gasteiger partial charge in [-0.15, -0.1) is 0 Å². The van der Waals surface area contributed by atoms with E-state index in [0.717, 1.165) is 0 Å². The number of nitrogens with zero attached hydrogens (tertiary/aromatic N) is 1. The van der Waals surface area contributed by atoms with Gasteiger partial charge in [-0.05, 0) is 18.2 Å². The molecule has 0 heterocycles. The lowest BCUT2D eigenvalue weighted by atomic mass is 10.3. The molecular formula is C8H7ClFNOS. The van der Waals surface area contributed by atoms with Crippen molar-refractivity contribution < 1.29 is 9.18 Å². The number of benzene rings is 1. The average molecular weight is 220 g/mol. The molecule has 0 aromatic heterocycles. The van der Waals surface area contributed by atoms with Crippen molar-refractivity contribution in [3.63, 3.8) is 0 Å². The summed E-state index contributed by atoms with van der Waals surface area (Å²) in [6.45, 7) is 0. The minimum atomic E-state index is -0.509. The minimum absolute atomic E-state index is 0.0149. The molecule has 0 saturated carbocycles. The summed E-state index contributed by atoms with van der Waals surface area (Å²) in [6.07, 6.45) is 0. The Morgan fingerprint density at radius 2 is 2.23 bits per heavy atom. The number of thiol groups is 1. The molecule has 0 radical (unpaired) electrons. The smallest absolute Gasteiger partial charge is 0.282 e. The molecule has 2 nitrogen and oxygen atoms in total. The minimum Gasteiger partial charge on any atom is -0.307 e. The summed E-state index contributed by atoms with van der Waals surface area (Å²) in [6, 6.07) is 4.02. The van der Waals surface area contributed by atoms with Crippen LogP contribution in [-0.4, -0.2) is 12.3 Å². The average Bonchev–Trinajstić information content (AvgIpc) is 2.08. The van der Waals surface area contributed by atoms with E-state index in [1.807, 2.05) is 0 Å². The number of carbonyl (C=O) groups is 1. The first-order valence-electron chi connectivity index (χ1n) is 3.44. The molecule has 0 bridgehead atoms. The van der Waals surface area contributed by atoms with Gasteiger partial charge in [0.05, 0.1) is 5.02 Å². The summed E-state index contributed by atoms with van der Waals surface area (Å²) in [7, 11) is 1.53. The maximum absolute atomic E-state index is 12.7. The van der Waals surface area contributed by atoms with Crippen LogP contribution >= 0.6 is 24.2 Å². The first-order chi connectivity index (χ1) is 6.02. The fourth-order valence-electron chi connectivity index (χ4n) is 0.804. The van der Waals surface area contributed by atoms with Gasteiger partial charge in [0.25, 0.3) is 5.24 Å². The molecule has 1 aromatic rings. The Morgan fingerprint density at radius 1 is 1.62 bits per heavy atom. The van der Waals surface area contributed by atoms with Crippen LogP contribution in [0.1, 0.15) is 0 Å². The number of hydrogen-bond acceptors (Lipinski definition) is 1. The highest BCUT2D eigenvalue weighted by atomic mass is 35.5. The molecule has 0 atom stereocenters. The predicted molar refractivity (Wildman–Crippen MR) is 54.2 cm³/mol. The summed E-state index contributed by atoms with van der Waals surface area (Å²) in [5.74, 6) is -0.509. The molecule has 1 amide bonds. The van der Waals surface area contributed by atoms with Crippen LogP contribution in [-0.2, 0) is 0 Å². The van der Waals surface area contributed by atoms with Crippen LogP contribution in [0.5, 0.6) is 0 Å². The van der Waals surface area contributed by atoms with E-state index in [-0.39, 0.29) is 5.02 Å². The zero-order valence-electron chi connectivity index (χ0n) is 6.79. The van der Waals surface area contributed by atoms with Gasteiger partial charge >= 0.3 is 0 Å². The summed E-state index contributed by atoms with van der Waals surface area (Å²) in [5, 5.41) is -0.443. The Balaban J connectivity index is 3.03. The summed E-state index contributed by atoms with van der Waals surface area (Å²) < 4.78 is 12.7. The molecule has 0 fully saturated rings. The molecule has 0 aliphatic rings. The van der Waals surface area contributed by atoms with Crippen LogP contribution in [0.2, 0.25) is 5.02 Å².